The number of halogens is 3. The largest absolute Gasteiger partial charge is 0.573 e. The molecule has 0 N–H and O–H groups in total. The number of carbonyl (C=O) groups is 2. The van der Waals surface area contributed by atoms with Crippen molar-refractivity contribution < 1.29 is 27.5 Å². The maximum Gasteiger partial charge on any atom is 0.573 e. The highest BCUT2D eigenvalue weighted by molar-refractivity contribution is 7.99. The summed E-state index contributed by atoms with van der Waals surface area (Å²) < 4.78 is 43.0. The van der Waals surface area contributed by atoms with Gasteiger partial charge in [0.25, 0.3) is 0 Å². The highest BCUT2D eigenvalue weighted by atomic mass is 32.2. The third-order valence-corrected chi connectivity index (χ3v) is 10.9. The Kier molecular flexibility index (Phi) is 4.95. The first-order chi connectivity index (χ1) is 19.3. The van der Waals surface area contributed by atoms with E-state index in [2.05, 4.69) is 27.9 Å². The average Bonchev–Trinajstić information content (AvgIpc) is 3.64. The molecular weight excluding hydrogens is 535 g/mol. The Balaban J connectivity index is 1.39. The summed E-state index contributed by atoms with van der Waals surface area (Å²) in [5.41, 5.74) is 2.09. The van der Waals surface area contributed by atoms with Gasteiger partial charge in [0.05, 0.1) is 5.41 Å². The zero-order valence-corrected chi connectivity index (χ0v) is 22.0. The van der Waals surface area contributed by atoms with Crippen molar-refractivity contribution in [2.75, 3.05) is 11.6 Å². The Labute approximate surface area is 233 Å². The molecule has 6 unspecified atom stereocenters. The summed E-state index contributed by atoms with van der Waals surface area (Å²) in [7, 11) is 0. The fraction of sp³-hybridized carbons (Fsp3) is 0.312. The smallest absolute Gasteiger partial charge is 0.406 e. The number of thioether (sulfide) groups is 1. The maximum atomic E-state index is 15.0. The molecule has 2 aliphatic heterocycles. The quantitative estimate of drug-likeness (QED) is 0.450. The number of ether oxygens (including phenoxy) is 1. The predicted octanol–water partition coefficient (Wildman–Crippen LogP) is 6.03. The van der Waals surface area contributed by atoms with Gasteiger partial charge in [-0.25, -0.2) is 0 Å². The average molecular weight is 560 g/mol. The molecule has 6 atom stereocenters. The summed E-state index contributed by atoms with van der Waals surface area (Å²) in [6, 6.07) is 13.4. The van der Waals surface area contributed by atoms with Gasteiger partial charge >= 0.3 is 6.36 Å². The standard InChI is InChI=1S/C32H24F3NO3S/c33-32(34,35)39-21-13-11-19(12-14-21)27-25-16-40-17-36(25)31(30(27)15-20-5-1-2-8-22(20)28(30)37)24-10-4-7-18-6-3-9-23(26(18)24)29(31)38/h1-14,23,25-27H,15-17H2. The third-order valence-electron chi connectivity index (χ3n) is 9.82. The van der Waals surface area contributed by atoms with Crippen molar-refractivity contribution in [1.29, 1.82) is 0 Å². The Hall–Kier alpha value is -3.36. The van der Waals surface area contributed by atoms with E-state index in [0.717, 1.165) is 28.0 Å². The molecule has 4 aliphatic carbocycles. The topological polar surface area (TPSA) is 46.6 Å². The molecule has 2 heterocycles. The number of alkyl halides is 3. The van der Waals surface area contributed by atoms with Crippen molar-refractivity contribution in [1.82, 2.24) is 4.90 Å². The van der Waals surface area contributed by atoms with Crippen LogP contribution in [0.5, 0.6) is 5.75 Å². The second kappa shape index (κ2) is 8.10. The Morgan fingerprint density at radius 3 is 2.58 bits per heavy atom. The molecule has 2 aromatic carbocycles. The van der Waals surface area contributed by atoms with Crippen LogP contribution in [-0.2, 0) is 11.2 Å². The Morgan fingerprint density at radius 1 is 1.00 bits per heavy atom. The zero-order valence-electron chi connectivity index (χ0n) is 21.2. The van der Waals surface area contributed by atoms with Crippen LogP contribution in [-0.4, -0.2) is 46.0 Å². The van der Waals surface area contributed by atoms with E-state index < -0.39 is 23.2 Å². The molecule has 2 spiro atoms. The van der Waals surface area contributed by atoms with Gasteiger partial charge in [-0.15, -0.1) is 24.9 Å². The number of allylic oxidation sites excluding steroid dienone is 7. The van der Waals surface area contributed by atoms with Crippen LogP contribution >= 0.6 is 11.8 Å². The third kappa shape index (κ3) is 2.88. The fourth-order valence-corrected chi connectivity index (χ4v) is 9.99. The minimum atomic E-state index is -4.80. The molecule has 0 radical (unpaired) electrons. The van der Waals surface area contributed by atoms with Crippen LogP contribution in [0.3, 0.4) is 0 Å². The number of benzene rings is 2. The van der Waals surface area contributed by atoms with Crippen LogP contribution in [0.2, 0.25) is 0 Å². The van der Waals surface area contributed by atoms with E-state index in [0.29, 0.717) is 17.9 Å². The SMILES string of the molecule is O=C1c2ccccc2CC12C(c1ccc(OC(F)(F)F)cc1)C1CSCN1C21C(=O)C2C=CC=C3C=CC=C1C32. The van der Waals surface area contributed by atoms with Crippen LogP contribution in [0.25, 0.3) is 0 Å². The zero-order chi connectivity index (χ0) is 27.4. The van der Waals surface area contributed by atoms with Crippen molar-refractivity contribution in [3.05, 3.63) is 113 Å². The number of Topliss-reactive ketones (excluding diaryl/α,β-unsaturated/α-hetero) is 2. The van der Waals surface area contributed by atoms with Crippen LogP contribution in [0, 0.1) is 17.3 Å². The monoisotopic (exact) mass is 559 g/mol. The van der Waals surface area contributed by atoms with Gasteiger partial charge in [0.15, 0.2) is 11.6 Å². The van der Waals surface area contributed by atoms with Crippen LogP contribution in [0.4, 0.5) is 13.2 Å². The summed E-state index contributed by atoms with van der Waals surface area (Å²) in [6.07, 6.45) is 7.68. The van der Waals surface area contributed by atoms with E-state index in [4.69, 9.17) is 0 Å². The Morgan fingerprint density at radius 2 is 1.80 bits per heavy atom. The van der Waals surface area contributed by atoms with Gasteiger partial charge in [0, 0.05) is 41.0 Å². The number of fused-ring (bicyclic) bond motifs is 5. The van der Waals surface area contributed by atoms with Crippen molar-refractivity contribution >= 4 is 23.3 Å². The molecule has 2 aromatic rings. The molecule has 0 bridgehead atoms. The van der Waals surface area contributed by atoms with Gasteiger partial charge in [0.2, 0.25) is 0 Å². The van der Waals surface area contributed by atoms with Crippen molar-refractivity contribution in [2.24, 2.45) is 17.3 Å². The first-order valence-corrected chi connectivity index (χ1v) is 14.6. The van der Waals surface area contributed by atoms with E-state index in [-0.39, 0.29) is 35.2 Å². The lowest BCUT2D eigenvalue weighted by Gasteiger charge is -2.46. The van der Waals surface area contributed by atoms with Gasteiger partial charge in [-0.1, -0.05) is 72.9 Å². The minimum Gasteiger partial charge on any atom is -0.406 e. The number of rotatable bonds is 2. The normalized spacial score (nSPS) is 35.3. The summed E-state index contributed by atoms with van der Waals surface area (Å²) >= 11 is 1.74. The second-order valence-electron chi connectivity index (χ2n) is 11.4. The molecule has 3 fully saturated rings. The molecule has 0 aromatic heterocycles. The molecule has 8 heteroatoms. The summed E-state index contributed by atoms with van der Waals surface area (Å²) in [5, 5.41) is 0. The van der Waals surface area contributed by atoms with Gasteiger partial charge < -0.3 is 4.74 Å². The van der Waals surface area contributed by atoms with Crippen molar-refractivity contribution in [3.63, 3.8) is 0 Å². The Bertz CT molecular complexity index is 1610. The predicted molar refractivity (Wildman–Crippen MR) is 145 cm³/mol. The molecule has 6 aliphatic rings. The lowest BCUT2D eigenvalue weighted by atomic mass is 9.57. The molecule has 4 nitrogen and oxygen atoms in total. The fourth-order valence-electron chi connectivity index (χ4n) is 8.69. The van der Waals surface area contributed by atoms with Gasteiger partial charge in [0.1, 0.15) is 11.3 Å². The molecule has 1 saturated carbocycles. The number of nitrogens with zero attached hydrogens (tertiary/aromatic N) is 1. The van der Waals surface area contributed by atoms with E-state index in [1.807, 2.05) is 42.5 Å². The second-order valence-corrected chi connectivity index (χ2v) is 12.4. The van der Waals surface area contributed by atoms with Crippen molar-refractivity contribution in [2.45, 2.75) is 30.3 Å². The first-order valence-electron chi connectivity index (χ1n) is 13.4. The van der Waals surface area contributed by atoms with E-state index in [9.17, 15) is 22.8 Å². The molecule has 40 heavy (non-hydrogen) atoms. The minimum absolute atomic E-state index is 0.0416. The number of carbonyl (C=O) groups excluding carboxylic acids is 2. The first kappa shape index (κ1) is 24.4. The molecular formula is C32H24F3NO3S. The van der Waals surface area contributed by atoms with Gasteiger partial charge in [-0.2, -0.15) is 0 Å². The van der Waals surface area contributed by atoms with Crippen LogP contribution in [0.1, 0.15) is 27.4 Å². The van der Waals surface area contributed by atoms with E-state index in [1.54, 1.807) is 23.9 Å². The molecule has 0 amide bonds. The lowest BCUT2D eigenvalue weighted by molar-refractivity contribution is -0.274. The van der Waals surface area contributed by atoms with Gasteiger partial charge in [-0.3, -0.25) is 14.5 Å². The lowest BCUT2D eigenvalue weighted by Crippen LogP contribution is -2.61. The highest BCUT2D eigenvalue weighted by Gasteiger charge is 2.80. The van der Waals surface area contributed by atoms with E-state index in [1.165, 1.54) is 12.1 Å². The van der Waals surface area contributed by atoms with Crippen LogP contribution in [0.15, 0.2) is 96.1 Å². The summed E-state index contributed by atoms with van der Waals surface area (Å²) in [5.74, 6) is 0.164. The summed E-state index contributed by atoms with van der Waals surface area (Å²) in [4.78, 5) is 32.2. The molecule has 8 rings (SSSR count). The van der Waals surface area contributed by atoms with E-state index >= 15 is 0 Å². The number of ketones is 2. The summed E-state index contributed by atoms with van der Waals surface area (Å²) in [6.45, 7) is 0. The van der Waals surface area contributed by atoms with Crippen molar-refractivity contribution in [3.8, 4) is 5.75 Å². The number of hydrogen-bond acceptors (Lipinski definition) is 5. The van der Waals surface area contributed by atoms with Crippen LogP contribution < -0.4 is 4.74 Å². The highest BCUT2D eigenvalue weighted by Crippen LogP contribution is 2.71. The maximum absolute atomic E-state index is 15.0. The number of hydrogen-bond donors (Lipinski definition) is 0. The molecule has 2 saturated heterocycles. The molecule has 202 valence electrons. The van der Waals surface area contributed by atoms with Gasteiger partial charge in [-0.05, 0) is 40.8 Å².